The summed E-state index contributed by atoms with van der Waals surface area (Å²) in [5, 5.41) is 9.58. The second kappa shape index (κ2) is 4.90. The van der Waals surface area contributed by atoms with Gasteiger partial charge in [-0.25, -0.2) is 0 Å². The highest BCUT2D eigenvalue weighted by molar-refractivity contribution is 9.10. The SMILES string of the molecule is Cn1cc(Br)c(=O)c(NC(=O)c2n[nH]c3c2CCC3)c1. The summed E-state index contributed by atoms with van der Waals surface area (Å²) in [5.41, 5.74) is 2.37. The van der Waals surface area contributed by atoms with Crippen molar-refractivity contribution in [1.82, 2.24) is 14.8 Å². The molecule has 1 aliphatic rings. The number of hydrogen-bond acceptors (Lipinski definition) is 3. The summed E-state index contributed by atoms with van der Waals surface area (Å²) in [7, 11) is 1.78. The lowest BCUT2D eigenvalue weighted by atomic mass is 10.2. The van der Waals surface area contributed by atoms with Crippen LogP contribution in [0.15, 0.2) is 21.7 Å². The summed E-state index contributed by atoms with van der Waals surface area (Å²) in [6.07, 6.45) is 6.03. The minimum absolute atomic E-state index is 0.238. The third-order valence-corrected chi connectivity index (χ3v) is 3.95. The molecule has 0 bridgehead atoms. The minimum atomic E-state index is -0.348. The van der Waals surface area contributed by atoms with Crippen molar-refractivity contribution in [3.63, 3.8) is 0 Å². The lowest BCUT2D eigenvalue weighted by Gasteiger charge is -2.06. The Bertz CT molecular complexity index is 747. The number of carbonyl (C=O) groups excluding carboxylic acids is 1. The molecule has 7 heteroatoms. The highest BCUT2D eigenvalue weighted by atomic mass is 79.9. The van der Waals surface area contributed by atoms with Crippen molar-refractivity contribution in [2.45, 2.75) is 19.3 Å². The van der Waals surface area contributed by atoms with Crippen LogP contribution in [0.3, 0.4) is 0 Å². The maximum atomic E-state index is 12.3. The van der Waals surface area contributed by atoms with Gasteiger partial charge in [0, 0.05) is 30.7 Å². The molecule has 1 aliphatic carbocycles. The Morgan fingerprint density at radius 1 is 1.45 bits per heavy atom. The van der Waals surface area contributed by atoms with Crippen molar-refractivity contribution in [3.05, 3.63) is 44.0 Å². The number of halogens is 1. The van der Waals surface area contributed by atoms with Crippen LogP contribution in [-0.2, 0) is 19.9 Å². The molecule has 104 valence electrons. The molecule has 0 unspecified atom stereocenters. The van der Waals surface area contributed by atoms with E-state index in [0.717, 1.165) is 30.5 Å². The molecule has 6 nitrogen and oxygen atoms in total. The molecule has 0 spiro atoms. The Balaban J connectivity index is 1.92. The molecule has 0 aliphatic heterocycles. The quantitative estimate of drug-likeness (QED) is 0.874. The average molecular weight is 337 g/mol. The summed E-state index contributed by atoms with van der Waals surface area (Å²) >= 11 is 3.18. The number of aromatic amines is 1. The predicted molar refractivity (Wildman–Crippen MR) is 77.9 cm³/mol. The molecule has 0 aromatic carbocycles. The fraction of sp³-hybridized carbons (Fsp3) is 0.308. The van der Waals surface area contributed by atoms with Gasteiger partial charge in [0.05, 0.1) is 4.47 Å². The number of pyridine rings is 1. The normalized spacial score (nSPS) is 13.3. The van der Waals surface area contributed by atoms with Crippen molar-refractivity contribution in [3.8, 4) is 0 Å². The maximum absolute atomic E-state index is 12.3. The molecule has 2 N–H and O–H groups in total. The minimum Gasteiger partial charge on any atom is -0.354 e. The van der Waals surface area contributed by atoms with E-state index < -0.39 is 0 Å². The van der Waals surface area contributed by atoms with Crippen molar-refractivity contribution in [2.75, 3.05) is 5.32 Å². The van der Waals surface area contributed by atoms with Gasteiger partial charge in [-0.1, -0.05) is 0 Å². The number of amides is 1. The Hall–Kier alpha value is -1.89. The molecule has 1 amide bonds. The molecule has 20 heavy (non-hydrogen) atoms. The van der Waals surface area contributed by atoms with E-state index >= 15 is 0 Å². The lowest BCUT2D eigenvalue weighted by molar-refractivity contribution is 0.102. The van der Waals surface area contributed by atoms with Crippen molar-refractivity contribution < 1.29 is 4.79 Å². The van der Waals surface area contributed by atoms with Gasteiger partial charge in [-0.05, 0) is 35.2 Å². The van der Waals surface area contributed by atoms with E-state index in [9.17, 15) is 9.59 Å². The van der Waals surface area contributed by atoms with Crippen molar-refractivity contribution in [2.24, 2.45) is 7.05 Å². The van der Waals surface area contributed by atoms with Gasteiger partial charge >= 0.3 is 0 Å². The number of hydrogen-bond donors (Lipinski definition) is 2. The fourth-order valence-corrected chi connectivity index (χ4v) is 2.98. The molecule has 0 saturated carbocycles. The lowest BCUT2D eigenvalue weighted by Crippen LogP contribution is -2.21. The van der Waals surface area contributed by atoms with Crippen LogP contribution in [0.4, 0.5) is 5.69 Å². The van der Waals surface area contributed by atoms with E-state index in [-0.39, 0.29) is 17.0 Å². The first-order chi connectivity index (χ1) is 9.56. The van der Waals surface area contributed by atoms with E-state index in [1.807, 2.05) is 0 Å². The number of fused-ring (bicyclic) bond motifs is 1. The number of anilines is 1. The Labute approximate surface area is 123 Å². The van der Waals surface area contributed by atoms with E-state index in [1.54, 1.807) is 24.0 Å². The van der Waals surface area contributed by atoms with Crippen LogP contribution >= 0.6 is 15.9 Å². The molecule has 0 atom stereocenters. The van der Waals surface area contributed by atoms with Crippen LogP contribution in [0.1, 0.15) is 28.2 Å². The maximum Gasteiger partial charge on any atom is 0.276 e. The first kappa shape index (κ1) is 13.1. The summed E-state index contributed by atoms with van der Waals surface area (Å²) in [6.45, 7) is 0. The highest BCUT2D eigenvalue weighted by Crippen LogP contribution is 2.23. The number of nitrogens with zero attached hydrogens (tertiary/aromatic N) is 2. The Morgan fingerprint density at radius 3 is 3.05 bits per heavy atom. The standard InChI is InChI=1S/C13H13BrN4O2/c1-18-5-8(14)12(19)10(6-18)15-13(20)11-7-3-2-4-9(7)16-17-11/h5-6H,2-4H2,1H3,(H,15,20)(H,16,17). The zero-order valence-corrected chi connectivity index (χ0v) is 12.5. The number of carbonyl (C=O) groups is 1. The first-order valence-electron chi connectivity index (χ1n) is 6.29. The van der Waals surface area contributed by atoms with Gasteiger partial charge in [0.2, 0.25) is 5.43 Å². The van der Waals surface area contributed by atoms with Crippen LogP contribution in [0.25, 0.3) is 0 Å². The number of H-pyrrole nitrogens is 1. The van der Waals surface area contributed by atoms with E-state index in [1.165, 1.54) is 0 Å². The number of nitrogens with one attached hydrogen (secondary N) is 2. The molecular weight excluding hydrogens is 324 g/mol. The zero-order valence-electron chi connectivity index (χ0n) is 10.9. The van der Waals surface area contributed by atoms with Gasteiger partial charge < -0.3 is 9.88 Å². The van der Waals surface area contributed by atoms with Gasteiger partial charge in [0.25, 0.3) is 5.91 Å². The largest absolute Gasteiger partial charge is 0.354 e. The monoisotopic (exact) mass is 336 g/mol. The van der Waals surface area contributed by atoms with E-state index in [2.05, 4.69) is 31.4 Å². The molecular formula is C13H13BrN4O2. The molecule has 2 aromatic rings. The molecule has 0 radical (unpaired) electrons. The molecule has 3 rings (SSSR count). The average Bonchev–Trinajstić information content (AvgIpc) is 2.97. The summed E-state index contributed by atoms with van der Waals surface area (Å²) < 4.78 is 2.11. The second-order valence-corrected chi connectivity index (χ2v) is 5.71. The van der Waals surface area contributed by atoms with Crippen LogP contribution in [0.5, 0.6) is 0 Å². The highest BCUT2D eigenvalue weighted by Gasteiger charge is 2.23. The second-order valence-electron chi connectivity index (χ2n) is 4.85. The Morgan fingerprint density at radius 2 is 2.25 bits per heavy atom. The molecule has 2 heterocycles. The van der Waals surface area contributed by atoms with Gasteiger partial charge in [-0.3, -0.25) is 14.7 Å². The number of aryl methyl sites for hydroxylation is 2. The molecule has 0 fully saturated rings. The van der Waals surface area contributed by atoms with Crippen LogP contribution in [0, 0.1) is 0 Å². The number of rotatable bonds is 2. The third-order valence-electron chi connectivity index (χ3n) is 3.38. The van der Waals surface area contributed by atoms with Gasteiger partial charge in [-0.15, -0.1) is 0 Å². The van der Waals surface area contributed by atoms with Gasteiger partial charge in [0.15, 0.2) is 5.69 Å². The fourth-order valence-electron chi connectivity index (χ4n) is 2.44. The predicted octanol–water partition coefficient (Wildman–Crippen LogP) is 1.61. The van der Waals surface area contributed by atoms with Crippen LogP contribution in [0.2, 0.25) is 0 Å². The zero-order chi connectivity index (χ0) is 14.3. The van der Waals surface area contributed by atoms with Crippen LogP contribution < -0.4 is 10.7 Å². The Kier molecular flexibility index (Phi) is 3.21. The van der Waals surface area contributed by atoms with Gasteiger partial charge in [0.1, 0.15) is 5.69 Å². The van der Waals surface area contributed by atoms with E-state index in [0.29, 0.717) is 10.2 Å². The van der Waals surface area contributed by atoms with Crippen molar-refractivity contribution in [1.29, 1.82) is 0 Å². The number of aromatic nitrogens is 3. The van der Waals surface area contributed by atoms with Crippen LogP contribution in [-0.4, -0.2) is 20.7 Å². The summed E-state index contributed by atoms with van der Waals surface area (Å²) in [5.74, 6) is -0.348. The molecule has 0 saturated heterocycles. The van der Waals surface area contributed by atoms with Gasteiger partial charge in [-0.2, -0.15) is 5.10 Å². The topological polar surface area (TPSA) is 79.8 Å². The first-order valence-corrected chi connectivity index (χ1v) is 7.09. The molecule has 2 aromatic heterocycles. The van der Waals surface area contributed by atoms with E-state index in [4.69, 9.17) is 0 Å². The summed E-state index contributed by atoms with van der Waals surface area (Å²) in [4.78, 5) is 24.2. The van der Waals surface area contributed by atoms with Crippen molar-refractivity contribution >= 4 is 27.5 Å². The smallest absolute Gasteiger partial charge is 0.276 e. The summed E-state index contributed by atoms with van der Waals surface area (Å²) in [6, 6.07) is 0. The third kappa shape index (κ3) is 2.18.